The van der Waals surface area contributed by atoms with Crippen molar-refractivity contribution in [3.05, 3.63) is 106 Å². The Hall–Kier alpha value is -3.06. The van der Waals surface area contributed by atoms with Crippen molar-refractivity contribution in [2.45, 2.75) is 25.9 Å². The normalized spacial score (nSPS) is 17.5. The number of nitrogens with zero attached hydrogens (tertiary/aromatic N) is 3. The average Bonchev–Trinajstić information content (AvgIpc) is 3.36. The van der Waals surface area contributed by atoms with E-state index in [0.29, 0.717) is 15.2 Å². The van der Waals surface area contributed by atoms with Gasteiger partial charge in [0.2, 0.25) is 0 Å². The number of halogens is 2. The van der Waals surface area contributed by atoms with Crippen molar-refractivity contribution in [3.63, 3.8) is 0 Å². The van der Waals surface area contributed by atoms with E-state index < -0.39 is 0 Å². The zero-order chi connectivity index (χ0) is 24.7. The van der Waals surface area contributed by atoms with E-state index >= 15 is 0 Å². The van der Waals surface area contributed by atoms with E-state index in [1.165, 1.54) is 0 Å². The van der Waals surface area contributed by atoms with Gasteiger partial charge in [-0.25, -0.2) is 0 Å². The minimum atomic E-state index is -0.174. The molecule has 0 amide bonds. The van der Waals surface area contributed by atoms with Gasteiger partial charge >= 0.3 is 0 Å². The topological polar surface area (TPSA) is 42.3 Å². The van der Waals surface area contributed by atoms with Gasteiger partial charge in [0, 0.05) is 17.6 Å². The summed E-state index contributed by atoms with van der Waals surface area (Å²) in [5, 5.41) is 5.17. The number of aryl methyl sites for hydroxylation is 1. The van der Waals surface area contributed by atoms with Crippen molar-refractivity contribution >= 4 is 46.2 Å². The fraction of sp³-hybridized carbons (Fsp3) is 0.185. The lowest BCUT2D eigenvalue weighted by Gasteiger charge is -2.29. The van der Waals surface area contributed by atoms with Gasteiger partial charge in [-0.15, -0.1) is 0 Å². The largest absolute Gasteiger partial charge is 0.495 e. The molecule has 3 heterocycles. The highest BCUT2D eigenvalue weighted by molar-refractivity contribution is 7.80. The molecular formula is C27H24Cl2N4OS. The number of para-hydroxylation sites is 2. The number of benzene rings is 2. The van der Waals surface area contributed by atoms with E-state index in [0.717, 1.165) is 39.8 Å². The lowest BCUT2D eigenvalue weighted by atomic mass is 9.96. The molecule has 0 bridgehead atoms. The number of hydrogen-bond acceptors (Lipinski definition) is 3. The lowest BCUT2D eigenvalue weighted by Crippen LogP contribution is -2.30. The molecule has 0 spiro atoms. The zero-order valence-electron chi connectivity index (χ0n) is 19.5. The molecule has 2 aromatic heterocycles. The van der Waals surface area contributed by atoms with Gasteiger partial charge in [-0.05, 0) is 74.1 Å². The standard InChI is InChI=1S/C27H24Cl2N4OS/c1-16-15-18(17(2)32(16)22-12-8-9-19(28)24(22)29)26-25(20-10-6-7-14-30-20)31-27(35)33(26)21-11-4-5-13-23(21)34-3/h4-15,25-26H,1-3H3,(H,31,35)/t25-,26-/m1/s1. The van der Waals surface area contributed by atoms with Crippen molar-refractivity contribution < 1.29 is 4.74 Å². The number of thiocarbonyl (C=S) groups is 1. The molecule has 2 aromatic carbocycles. The highest BCUT2D eigenvalue weighted by Gasteiger charge is 2.43. The number of nitrogens with one attached hydrogen (secondary N) is 1. The van der Waals surface area contributed by atoms with Crippen LogP contribution in [0.4, 0.5) is 5.69 Å². The number of anilines is 1. The van der Waals surface area contributed by atoms with Crippen molar-refractivity contribution in [3.8, 4) is 11.4 Å². The van der Waals surface area contributed by atoms with Gasteiger partial charge in [0.05, 0.1) is 46.3 Å². The number of methoxy groups -OCH3 is 1. The maximum Gasteiger partial charge on any atom is 0.174 e. The van der Waals surface area contributed by atoms with E-state index in [4.69, 9.17) is 40.2 Å². The average molecular weight is 523 g/mol. The monoisotopic (exact) mass is 522 g/mol. The Bertz CT molecular complexity index is 1410. The highest BCUT2D eigenvalue weighted by Crippen LogP contribution is 2.46. The van der Waals surface area contributed by atoms with Gasteiger partial charge in [0.25, 0.3) is 0 Å². The van der Waals surface area contributed by atoms with Crippen LogP contribution in [0.15, 0.2) is 72.9 Å². The molecular weight excluding hydrogens is 499 g/mol. The molecule has 1 fully saturated rings. The van der Waals surface area contributed by atoms with Crippen LogP contribution < -0.4 is 15.0 Å². The smallest absolute Gasteiger partial charge is 0.174 e. The predicted molar refractivity (Wildman–Crippen MR) is 146 cm³/mol. The fourth-order valence-electron chi connectivity index (χ4n) is 4.88. The van der Waals surface area contributed by atoms with Crippen LogP contribution in [0.5, 0.6) is 5.75 Å². The summed E-state index contributed by atoms with van der Waals surface area (Å²) in [4.78, 5) is 6.78. The number of hydrogen-bond donors (Lipinski definition) is 1. The molecule has 0 aliphatic carbocycles. The first-order valence-electron chi connectivity index (χ1n) is 11.2. The van der Waals surface area contributed by atoms with Gasteiger partial charge in [-0.2, -0.15) is 0 Å². The molecule has 2 atom stereocenters. The van der Waals surface area contributed by atoms with Crippen molar-refractivity contribution in [2.75, 3.05) is 12.0 Å². The molecule has 1 N–H and O–H groups in total. The second-order valence-electron chi connectivity index (χ2n) is 8.40. The SMILES string of the molecule is COc1ccccc1N1C(=S)N[C@H](c2ccccn2)[C@H]1c1cc(C)n(-c2cccc(Cl)c2Cl)c1C. The van der Waals surface area contributed by atoms with Gasteiger partial charge in [0.1, 0.15) is 5.75 Å². The van der Waals surface area contributed by atoms with Crippen LogP contribution in [0.25, 0.3) is 5.69 Å². The Kier molecular flexibility index (Phi) is 6.45. The minimum Gasteiger partial charge on any atom is -0.495 e. The summed E-state index contributed by atoms with van der Waals surface area (Å²) < 4.78 is 7.85. The Balaban J connectivity index is 1.72. The summed E-state index contributed by atoms with van der Waals surface area (Å²) in [5.41, 5.74) is 5.83. The second kappa shape index (κ2) is 9.53. The molecule has 0 saturated carbocycles. The van der Waals surface area contributed by atoms with Gasteiger partial charge in [-0.3, -0.25) is 4.98 Å². The van der Waals surface area contributed by atoms with Crippen LogP contribution in [0.2, 0.25) is 10.0 Å². The molecule has 5 nitrogen and oxygen atoms in total. The number of aromatic nitrogens is 2. The summed E-state index contributed by atoms with van der Waals surface area (Å²) in [5.74, 6) is 0.745. The molecule has 0 unspecified atom stereocenters. The third-order valence-corrected chi connectivity index (χ3v) is 7.53. The first kappa shape index (κ1) is 23.7. The van der Waals surface area contributed by atoms with Crippen molar-refractivity contribution in [2.24, 2.45) is 0 Å². The van der Waals surface area contributed by atoms with Gasteiger partial charge in [-0.1, -0.05) is 47.5 Å². The Labute approximate surface area is 220 Å². The molecule has 5 rings (SSSR count). The quantitative estimate of drug-likeness (QED) is 0.286. The summed E-state index contributed by atoms with van der Waals surface area (Å²) in [6, 6.07) is 21.3. The molecule has 8 heteroatoms. The molecule has 1 aliphatic heterocycles. The van der Waals surface area contributed by atoms with E-state index in [9.17, 15) is 0 Å². The van der Waals surface area contributed by atoms with Crippen LogP contribution >= 0.6 is 35.4 Å². The third-order valence-electron chi connectivity index (χ3n) is 6.40. The zero-order valence-corrected chi connectivity index (χ0v) is 21.8. The first-order chi connectivity index (χ1) is 16.9. The fourth-order valence-corrected chi connectivity index (χ4v) is 5.60. The molecule has 35 heavy (non-hydrogen) atoms. The maximum atomic E-state index is 6.63. The van der Waals surface area contributed by atoms with Gasteiger partial charge < -0.3 is 19.5 Å². The summed E-state index contributed by atoms with van der Waals surface area (Å²) in [6.45, 7) is 4.16. The van der Waals surface area contributed by atoms with Crippen LogP contribution in [-0.2, 0) is 0 Å². The van der Waals surface area contributed by atoms with Crippen LogP contribution in [-0.4, -0.2) is 21.8 Å². The highest BCUT2D eigenvalue weighted by atomic mass is 35.5. The molecule has 178 valence electrons. The van der Waals surface area contributed by atoms with Crippen LogP contribution in [0, 0.1) is 13.8 Å². The Morgan fingerprint density at radius 1 is 0.971 bits per heavy atom. The summed E-state index contributed by atoms with van der Waals surface area (Å²) in [6.07, 6.45) is 1.80. The second-order valence-corrected chi connectivity index (χ2v) is 9.58. The van der Waals surface area contributed by atoms with Crippen molar-refractivity contribution in [1.82, 2.24) is 14.9 Å². The molecule has 4 aromatic rings. The van der Waals surface area contributed by atoms with E-state index in [1.807, 2.05) is 54.6 Å². The minimum absolute atomic E-state index is 0.169. The number of ether oxygens (including phenoxy) is 1. The van der Waals surface area contributed by atoms with Crippen molar-refractivity contribution in [1.29, 1.82) is 0 Å². The maximum absolute atomic E-state index is 6.63. The predicted octanol–water partition coefficient (Wildman–Crippen LogP) is 6.98. The van der Waals surface area contributed by atoms with E-state index in [2.05, 4.69) is 39.7 Å². The molecule has 1 saturated heterocycles. The summed E-state index contributed by atoms with van der Waals surface area (Å²) in [7, 11) is 1.67. The first-order valence-corrected chi connectivity index (χ1v) is 12.4. The Morgan fingerprint density at radius 3 is 2.46 bits per heavy atom. The van der Waals surface area contributed by atoms with Crippen LogP contribution in [0.3, 0.4) is 0 Å². The molecule has 0 radical (unpaired) electrons. The van der Waals surface area contributed by atoms with E-state index in [-0.39, 0.29) is 12.1 Å². The van der Waals surface area contributed by atoms with E-state index in [1.54, 1.807) is 19.4 Å². The summed E-state index contributed by atoms with van der Waals surface area (Å²) >= 11 is 18.9. The number of pyridine rings is 1. The third kappa shape index (κ3) is 4.05. The van der Waals surface area contributed by atoms with Crippen LogP contribution in [0.1, 0.15) is 34.7 Å². The Morgan fingerprint density at radius 2 is 1.71 bits per heavy atom. The van der Waals surface area contributed by atoms with Gasteiger partial charge in [0.15, 0.2) is 5.11 Å². The number of rotatable bonds is 5. The lowest BCUT2D eigenvalue weighted by molar-refractivity contribution is 0.414. The molecule has 1 aliphatic rings.